The number of pyridine rings is 1. The van der Waals surface area contributed by atoms with Gasteiger partial charge in [-0.3, -0.25) is 9.80 Å². The van der Waals surface area contributed by atoms with E-state index in [-0.39, 0.29) is 0 Å². The Morgan fingerprint density at radius 3 is 2.60 bits per heavy atom. The molecule has 1 aromatic heterocycles. The van der Waals surface area contributed by atoms with Gasteiger partial charge in [0.05, 0.1) is 24.4 Å². The minimum Gasteiger partial charge on any atom is -0.379 e. The molecule has 0 amide bonds. The topological polar surface area (TPSA) is 28.6 Å². The smallest absolute Gasteiger partial charge is 0.0712 e. The molecule has 4 heteroatoms. The fourth-order valence-electron chi connectivity index (χ4n) is 5.28. The number of para-hydroxylation sites is 1. The van der Waals surface area contributed by atoms with Gasteiger partial charge in [0, 0.05) is 43.6 Å². The molecule has 0 spiro atoms. The van der Waals surface area contributed by atoms with Crippen molar-refractivity contribution in [1.29, 1.82) is 0 Å². The van der Waals surface area contributed by atoms with Gasteiger partial charge in [-0.15, -0.1) is 0 Å². The Morgan fingerprint density at radius 1 is 1.03 bits per heavy atom. The summed E-state index contributed by atoms with van der Waals surface area (Å²) in [6, 6.07) is 12.1. The van der Waals surface area contributed by atoms with E-state index in [2.05, 4.69) is 65.3 Å². The summed E-state index contributed by atoms with van der Waals surface area (Å²) in [5, 5.41) is 1.30. The highest BCUT2D eigenvalue weighted by atomic mass is 16.5. The number of nitrogens with zero attached hydrogens (tertiary/aromatic N) is 3. The number of aromatic nitrogens is 1. The number of allylic oxidation sites excluding steroid dienone is 4. The summed E-state index contributed by atoms with van der Waals surface area (Å²) < 4.78 is 5.54. The molecule has 2 saturated heterocycles. The summed E-state index contributed by atoms with van der Waals surface area (Å²) in [4.78, 5) is 10.3. The zero-order chi connectivity index (χ0) is 20.3. The van der Waals surface area contributed by atoms with Crippen molar-refractivity contribution >= 4 is 16.5 Å². The molecule has 4 nitrogen and oxygen atoms in total. The molecular formula is C26H33N3O. The molecule has 2 fully saturated rings. The van der Waals surface area contributed by atoms with Crippen LogP contribution in [-0.2, 0) is 4.74 Å². The number of fused-ring (bicyclic) bond motifs is 1. The van der Waals surface area contributed by atoms with Crippen LogP contribution in [0.5, 0.6) is 0 Å². The molecule has 2 aliphatic heterocycles. The Hall–Kier alpha value is -2.01. The maximum atomic E-state index is 5.54. The lowest BCUT2D eigenvalue weighted by Gasteiger charge is -2.42. The number of hydrogen-bond donors (Lipinski definition) is 0. The molecule has 1 atom stereocenters. The lowest BCUT2D eigenvalue weighted by Crippen LogP contribution is -2.49. The van der Waals surface area contributed by atoms with Gasteiger partial charge in [-0.2, -0.15) is 0 Å². The molecule has 1 aliphatic carbocycles. The molecule has 0 saturated carbocycles. The van der Waals surface area contributed by atoms with Gasteiger partial charge in [0.15, 0.2) is 0 Å². The normalized spacial score (nSPS) is 22.9. The van der Waals surface area contributed by atoms with Gasteiger partial charge >= 0.3 is 0 Å². The maximum Gasteiger partial charge on any atom is 0.0712 e. The zero-order valence-corrected chi connectivity index (χ0v) is 18.1. The predicted molar refractivity (Wildman–Crippen MR) is 123 cm³/mol. The van der Waals surface area contributed by atoms with E-state index in [0.717, 1.165) is 69.5 Å². The van der Waals surface area contributed by atoms with E-state index >= 15 is 0 Å². The number of benzene rings is 1. The molecule has 1 aromatic carbocycles. The Kier molecular flexibility index (Phi) is 5.98. The first-order chi connectivity index (χ1) is 14.8. The summed E-state index contributed by atoms with van der Waals surface area (Å²) in [5.41, 5.74) is 4.92. The number of likely N-dealkylation sites (tertiary alicyclic amines) is 1. The van der Waals surface area contributed by atoms with Crippen molar-refractivity contribution in [3.8, 4) is 0 Å². The minimum atomic E-state index is 0.399. The third kappa shape index (κ3) is 4.09. The van der Waals surface area contributed by atoms with Gasteiger partial charge in [-0.1, -0.05) is 36.4 Å². The van der Waals surface area contributed by atoms with Gasteiger partial charge in [0.2, 0.25) is 0 Å². The first kappa shape index (κ1) is 19.9. The van der Waals surface area contributed by atoms with Gasteiger partial charge in [-0.05, 0) is 55.9 Å². The summed E-state index contributed by atoms with van der Waals surface area (Å²) in [5.74, 6) is 0. The molecule has 3 heterocycles. The van der Waals surface area contributed by atoms with Crippen LogP contribution in [0.25, 0.3) is 16.5 Å². The number of rotatable bonds is 4. The summed E-state index contributed by atoms with van der Waals surface area (Å²) in [6.45, 7) is 8.70. The van der Waals surface area contributed by atoms with Gasteiger partial charge in [-0.25, -0.2) is 4.98 Å². The van der Waals surface area contributed by atoms with Crippen LogP contribution in [-0.4, -0.2) is 60.2 Å². The van der Waals surface area contributed by atoms with Crippen molar-refractivity contribution in [1.82, 2.24) is 14.8 Å². The Labute approximate surface area is 180 Å². The standard InChI is InChI=1S/C26H33N3O/c1-20(28-13-11-22(12-14-28)29-15-17-30-18-16-29)24-19-26(21-7-3-2-4-8-21)27-25-10-6-5-9-23(24)25/h3,5-10,19-20,22H,2,4,11-18H2,1H3. The van der Waals surface area contributed by atoms with E-state index in [1.807, 2.05) is 0 Å². The number of hydrogen-bond acceptors (Lipinski definition) is 4. The zero-order valence-electron chi connectivity index (χ0n) is 18.1. The lowest BCUT2D eigenvalue weighted by atomic mass is 9.94. The Balaban J connectivity index is 1.38. The highest BCUT2D eigenvalue weighted by Gasteiger charge is 2.29. The summed E-state index contributed by atoms with van der Waals surface area (Å²) in [6.07, 6.45) is 11.6. The Bertz CT molecular complexity index is 936. The maximum absolute atomic E-state index is 5.54. The minimum absolute atomic E-state index is 0.399. The third-order valence-corrected chi connectivity index (χ3v) is 7.10. The average Bonchev–Trinajstić information content (AvgIpc) is 2.84. The second kappa shape index (κ2) is 9.01. The highest BCUT2D eigenvalue weighted by Crippen LogP contribution is 2.33. The van der Waals surface area contributed by atoms with Crippen LogP contribution in [0.2, 0.25) is 0 Å². The first-order valence-corrected chi connectivity index (χ1v) is 11.6. The number of piperidine rings is 1. The molecule has 0 radical (unpaired) electrons. The van der Waals surface area contributed by atoms with E-state index in [9.17, 15) is 0 Å². The van der Waals surface area contributed by atoms with Crippen molar-refractivity contribution in [2.45, 2.75) is 44.7 Å². The summed E-state index contributed by atoms with van der Waals surface area (Å²) >= 11 is 0. The Morgan fingerprint density at radius 2 is 1.83 bits per heavy atom. The van der Waals surface area contributed by atoms with Gasteiger partial charge in [0.1, 0.15) is 0 Å². The second-order valence-corrected chi connectivity index (χ2v) is 8.84. The van der Waals surface area contributed by atoms with E-state index in [1.54, 1.807) is 0 Å². The molecule has 2 aromatic rings. The summed E-state index contributed by atoms with van der Waals surface area (Å²) in [7, 11) is 0. The molecule has 1 unspecified atom stereocenters. The molecule has 30 heavy (non-hydrogen) atoms. The number of morpholine rings is 1. The van der Waals surface area contributed by atoms with Crippen molar-refractivity contribution in [2.24, 2.45) is 0 Å². The fourth-order valence-corrected chi connectivity index (χ4v) is 5.28. The molecule has 0 bridgehead atoms. The van der Waals surface area contributed by atoms with Gasteiger partial charge in [0.25, 0.3) is 0 Å². The highest BCUT2D eigenvalue weighted by molar-refractivity contribution is 5.86. The SMILES string of the molecule is CC(c1cc(C2=CCCC=C2)nc2ccccc12)N1CCC(N2CCOCC2)CC1. The van der Waals surface area contributed by atoms with Crippen molar-refractivity contribution < 1.29 is 4.74 Å². The monoisotopic (exact) mass is 403 g/mol. The average molecular weight is 404 g/mol. The van der Waals surface area contributed by atoms with Crippen molar-refractivity contribution in [2.75, 3.05) is 39.4 Å². The lowest BCUT2D eigenvalue weighted by molar-refractivity contribution is -0.00255. The molecule has 5 rings (SSSR count). The van der Waals surface area contributed by atoms with Crippen LogP contribution >= 0.6 is 0 Å². The third-order valence-electron chi connectivity index (χ3n) is 7.10. The number of ether oxygens (including phenoxy) is 1. The largest absolute Gasteiger partial charge is 0.379 e. The van der Waals surface area contributed by atoms with Crippen LogP contribution < -0.4 is 0 Å². The molecule has 3 aliphatic rings. The van der Waals surface area contributed by atoms with Crippen LogP contribution in [0, 0.1) is 0 Å². The van der Waals surface area contributed by atoms with Crippen LogP contribution in [0.15, 0.2) is 48.6 Å². The van der Waals surface area contributed by atoms with Crippen LogP contribution in [0.1, 0.15) is 49.9 Å². The quantitative estimate of drug-likeness (QED) is 0.731. The van der Waals surface area contributed by atoms with Crippen molar-refractivity contribution in [3.63, 3.8) is 0 Å². The van der Waals surface area contributed by atoms with E-state index in [4.69, 9.17) is 9.72 Å². The van der Waals surface area contributed by atoms with Crippen LogP contribution in [0.3, 0.4) is 0 Å². The van der Waals surface area contributed by atoms with E-state index in [1.165, 1.54) is 29.4 Å². The molecule has 158 valence electrons. The van der Waals surface area contributed by atoms with Gasteiger partial charge < -0.3 is 4.74 Å². The predicted octanol–water partition coefficient (Wildman–Crippen LogP) is 4.83. The van der Waals surface area contributed by atoms with Crippen molar-refractivity contribution in [3.05, 3.63) is 59.8 Å². The molecule has 0 N–H and O–H groups in total. The van der Waals surface area contributed by atoms with E-state index < -0.39 is 0 Å². The second-order valence-electron chi connectivity index (χ2n) is 8.84. The first-order valence-electron chi connectivity index (χ1n) is 11.6. The fraction of sp³-hybridized carbons (Fsp3) is 0.500. The van der Waals surface area contributed by atoms with Crippen LogP contribution in [0.4, 0.5) is 0 Å². The molecular weight excluding hydrogens is 370 g/mol. The van der Waals surface area contributed by atoms with E-state index in [0.29, 0.717) is 6.04 Å².